The van der Waals surface area contributed by atoms with E-state index >= 15 is 0 Å². The van der Waals surface area contributed by atoms with Gasteiger partial charge in [-0.25, -0.2) is 0 Å². The number of carbonyl (C=O) groups is 1. The number of fused-ring (bicyclic) bond motifs is 1. The van der Waals surface area contributed by atoms with E-state index in [4.69, 9.17) is 16.3 Å². The van der Waals surface area contributed by atoms with E-state index in [0.29, 0.717) is 16.3 Å². The number of hydrogen-bond donors (Lipinski definition) is 3. The van der Waals surface area contributed by atoms with Crippen LogP contribution in [0.5, 0.6) is 0 Å². The summed E-state index contributed by atoms with van der Waals surface area (Å²) in [6.07, 6.45) is 0.161. The van der Waals surface area contributed by atoms with Crippen LogP contribution in [0.2, 0.25) is 5.02 Å². The van der Waals surface area contributed by atoms with Crippen molar-refractivity contribution < 1.29 is 14.6 Å². The lowest BCUT2D eigenvalue weighted by Gasteiger charge is -2.40. The first kappa shape index (κ1) is 16.8. The summed E-state index contributed by atoms with van der Waals surface area (Å²) in [5.41, 5.74) is 0.139. The van der Waals surface area contributed by atoms with Crippen molar-refractivity contribution in [2.24, 2.45) is 5.92 Å². The van der Waals surface area contributed by atoms with E-state index < -0.39 is 23.4 Å². The van der Waals surface area contributed by atoms with Crippen LogP contribution in [0.25, 0.3) is 0 Å². The summed E-state index contributed by atoms with van der Waals surface area (Å²) in [5.74, 6) is -2.02. The van der Waals surface area contributed by atoms with Gasteiger partial charge in [-0.3, -0.25) is 14.7 Å². The van der Waals surface area contributed by atoms with Crippen molar-refractivity contribution in [1.29, 1.82) is 0 Å². The molecule has 0 amide bonds. The van der Waals surface area contributed by atoms with Crippen LogP contribution in [0.4, 0.5) is 0 Å². The Morgan fingerprint density at radius 2 is 2.04 bits per heavy atom. The average Bonchev–Trinajstić information content (AvgIpc) is 2.86. The maximum absolute atomic E-state index is 12.6. The topological polar surface area (TPSA) is 95.2 Å². The second kappa shape index (κ2) is 6.11. The number of rotatable bonds is 3. The van der Waals surface area contributed by atoms with E-state index in [1.54, 1.807) is 38.1 Å². The van der Waals surface area contributed by atoms with Crippen molar-refractivity contribution in [3.63, 3.8) is 0 Å². The standard InChI is InChI=1S/C17H19ClN2O4/c1-3-24-16(22)14-12(9-4-6-10(18)7-5-9)13-11(8-17(14,2)23)19-20-15(13)21/h4-7,12,14,23H,3,8H2,1-2H3,(H2,19,20,21)/t12-,14+,17-/m1/s1. The molecule has 3 rings (SSSR count). The highest BCUT2D eigenvalue weighted by Crippen LogP contribution is 2.44. The largest absolute Gasteiger partial charge is 0.466 e. The fraction of sp³-hybridized carbons (Fsp3) is 0.412. The Bertz CT molecular complexity index is 807. The number of benzene rings is 1. The molecule has 0 fully saturated rings. The first-order valence-corrected chi connectivity index (χ1v) is 8.17. The molecule has 0 unspecified atom stereocenters. The van der Waals surface area contributed by atoms with Crippen molar-refractivity contribution in [2.75, 3.05) is 6.61 Å². The number of H-pyrrole nitrogens is 2. The Balaban J connectivity index is 2.20. The van der Waals surface area contributed by atoms with Gasteiger partial charge in [-0.05, 0) is 31.5 Å². The number of hydrogen-bond acceptors (Lipinski definition) is 4. The van der Waals surface area contributed by atoms with Crippen LogP contribution >= 0.6 is 11.6 Å². The Morgan fingerprint density at radius 3 is 2.67 bits per heavy atom. The SMILES string of the molecule is CCOC(=O)[C@@H]1[C@H](c2ccc(Cl)cc2)c2c([nH][nH]c2=O)C[C@@]1(C)O. The number of esters is 1. The van der Waals surface area contributed by atoms with Crippen molar-refractivity contribution >= 4 is 17.6 Å². The molecule has 1 aromatic heterocycles. The summed E-state index contributed by atoms with van der Waals surface area (Å²) in [6, 6.07) is 6.92. The second-order valence-corrected chi connectivity index (χ2v) is 6.70. The predicted octanol–water partition coefficient (Wildman–Crippen LogP) is 1.97. The normalized spacial score (nSPS) is 26.0. The van der Waals surface area contributed by atoms with E-state index in [2.05, 4.69) is 10.2 Å². The molecule has 0 bridgehead atoms. The van der Waals surface area contributed by atoms with Crippen LogP contribution in [-0.4, -0.2) is 33.5 Å². The molecule has 1 aromatic carbocycles. The summed E-state index contributed by atoms with van der Waals surface area (Å²) in [6.45, 7) is 3.50. The smallest absolute Gasteiger partial charge is 0.312 e. The lowest BCUT2D eigenvalue weighted by atomic mass is 9.66. The highest BCUT2D eigenvalue weighted by atomic mass is 35.5. The van der Waals surface area contributed by atoms with Gasteiger partial charge >= 0.3 is 5.97 Å². The van der Waals surface area contributed by atoms with Gasteiger partial charge in [0.15, 0.2) is 0 Å². The van der Waals surface area contributed by atoms with Crippen LogP contribution in [0.15, 0.2) is 29.1 Å². The van der Waals surface area contributed by atoms with Gasteiger partial charge in [0.2, 0.25) is 0 Å². The molecule has 0 radical (unpaired) electrons. The molecule has 0 saturated heterocycles. The summed E-state index contributed by atoms with van der Waals surface area (Å²) < 4.78 is 5.18. The zero-order valence-electron chi connectivity index (χ0n) is 13.4. The lowest BCUT2D eigenvalue weighted by molar-refractivity contribution is -0.159. The molecule has 0 saturated carbocycles. The third-order valence-corrected chi connectivity index (χ3v) is 4.77. The first-order valence-electron chi connectivity index (χ1n) is 7.79. The molecule has 2 aromatic rings. The highest BCUT2D eigenvalue weighted by Gasteiger charge is 2.51. The molecule has 0 spiro atoms. The Kier molecular flexibility index (Phi) is 4.27. The summed E-state index contributed by atoms with van der Waals surface area (Å²) in [7, 11) is 0. The molecule has 6 nitrogen and oxygen atoms in total. The number of carbonyl (C=O) groups excluding carboxylic acids is 1. The molecular formula is C17H19ClN2O4. The molecule has 1 heterocycles. The molecule has 128 valence electrons. The van der Waals surface area contributed by atoms with Crippen LogP contribution in [0.3, 0.4) is 0 Å². The van der Waals surface area contributed by atoms with E-state index in [-0.39, 0.29) is 18.6 Å². The fourth-order valence-electron chi connectivity index (χ4n) is 3.52. The van der Waals surface area contributed by atoms with Crippen molar-refractivity contribution in [3.8, 4) is 0 Å². The number of nitrogens with one attached hydrogen (secondary N) is 2. The van der Waals surface area contributed by atoms with Gasteiger partial charge in [0.25, 0.3) is 5.56 Å². The van der Waals surface area contributed by atoms with E-state index in [1.807, 2.05) is 0 Å². The lowest BCUT2D eigenvalue weighted by Crippen LogP contribution is -2.50. The minimum absolute atomic E-state index is 0.161. The van der Waals surface area contributed by atoms with Crippen LogP contribution < -0.4 is 5.56 Å². The Hall–Kier alpha value is -2.05. The van der Waals surface area contributed by atoms with Gasteiger partial charge in [0, 0.05) is 28.6 Å². The summed E-state index contributed by atoms with van der Waals surface area (Å²) in [4.78, 5) is 24.9. The van der Waals surface area contributed by atoms with Gasteiger partial charge in [-0.15, -0.1) is 0 Å². The third-order valence-electron chi connectivity index (χ3n) is 4.52. The first-order chi connectivity index (χ1) is 11.3. The highest BCUT2D eigenvalue weighted by molar-refractivity contribution is 6.30. The maximum Gasteiger partial charge on any atom is 0.312 e. The van der Waals surface area contributed by atoms with Gasteiger partial charge in [0.1, 0.15) is 0 Å². The molecule has 1 aliphatic rings. The van der Waals surface area contributed by atoms with E-state index in [9.17, 15) is 14.7 Å². The van der Waals surface area contributed by atoms with Crippen LogP contribution in [0, 0.1) is 5.92 Å². The Morgan fingerprint density at radius 1 is 1.38 bits per heavy atom. The van der Waals surface area contributed by atoms with E-state index in [1.165, 1.54) is 0 Å². The van der Waals surface area contributed by atoms with Crippen molar-refractivity contribution in [1.82, 2.24) is 10.2 Å². The molecule has 1 aliphatic carbocycles. The molecule has 3 N–H and O–H groups in total. The second-order valence-electron chi connectivity index (χ2n) is 6.26. The van der Waals surface area contributed by atoms with Gasteiger partial charge in [0.05, 0.1) is 18.1 Å². The molecule has 3 atom stereocenters. The number of ether oxygens (including phenoxy) is 1. The van der Waals surface area contributed by atoms with Crippen LogP contribution in [0.1, 0.15) is 36.6 Å². The summed E-state index contributed by atoms with van der Waals surface area (Å²) >= 11 is 5.95. The third kappa shape index (κ3) is 2.76. The number of halogens is 1. The van der Waals surface area contributed by atoms with Crippen LogP contribution in [-0.2, 0) is 16.0 Å². The summed E-state index contributed by atoms with van der Waals surface area (Å²) in [5, 5.41) is 16.8. The van der Waals surface area contributed by atoms with Crippen molar-refractivity contribution in [2.45, 2.75) is 31.8 Å². The Labute approximate surface area is 143 Å². The van der Waals surface area contributed by atoms with Gasteiger partial charge in [-0.2, -0.15) is 0 Å². The molecule has 24 heavy (non-hydrogen) atoms. The number of aromatic amines is 2. The maximum atomic E-state index is 12.6. The monoisotopic (exact) mass is 350 g/mol. The minimum atomic E-state index is -1.35. The van der Waals surface area contributed by atoms with Crippen molar-refractivity contribution in [3.05, 3.63) is 56.5 Å². The van der Waals surface area contributed by atoms with E-state index in [0.717, 1.165) is 5.56 Å². The zero-order chi connectivity index (χ0) is 17.5. The molecule has 7 heteroatoms. The number of aromatic nitrogens is 2. The zero-order valence-corrected chi connectivity index (χ0v) is 14.2. The fourth-order valence-corrected chi connectivity index (χ4v) is 3.64. The quantitative estimate of drug-likeness (QED) is 0.737. The molecular weight excluding hydrogens is 332 g/mol. The minimum Gasteiger partial charge on any atom is -0.466 e. The predicted molar refractivity (Wildman–Crippen MR) is 89.2 cm³/mol. The number of aliphatic hydroxyl groups is 1. The van der Waals surface area contributed by atoms with Gasteiger partial charge in [-0.1, -0.05) is 23.7 Å². The molecule has 0 aliphatic heterocycles. The van der Waals surface area contributed by atoms with Gasteiger partial charge < -0.3 is 14.9 Å². The average molecular weight is 351 g/mol.